The summed E-state index contributed by atoms with van der Waals surface area (Å²) >= 11 is 0. The first kappa shape index (κ1) is 14.2. The van der Waals surface area contributed by atoms with Crippen LogP contribution in [0.15, 0.2) is 22.0 Å². The molecular weight excluding hydrogens is 258 g/mol. The van der Waals surface area contributed by atoms with Crippen LogP contribution in [0.3, 0.4) is 0 Å². The van der Waals surface area contributed by atoms with E-state index in [2.05, 4.69) is 34.1 Å². The molecule has 0 bridgehead atoms. The summed E-state index contributed by atoms with van der Waals surface area (Å²) < 4.78 is 1.73. The van der Waals surface area contributed by atoms with Gasteiger partial charge in [-0.25, -0.2) is 4.79 Å². The Hall–Kier alpha value is -2.18. The van der Waals surface area contributed by atoms with Crippen LogP contribution in [0.2, 0.25) is 0 Å². The highest BCUT2D eigenvalue weighted by molar-refractivity contribution is 5.04. The molecule has 0 aromatic carbocycles. The van der Waals surface area contributed by atoms with Crippen LogP contribution in [0, 0.1) is 0 Å². The van der Waals surface area contributed by atoms with Gasteiger partial charge in [-0.15, -0.1) is 5.10 Å². The summed E-state index contributed by atoms with van der Waals surface area (Å²) in [5.74, 6) is 0.394. The van der Waals surface area contributed by atoms with Gasteiger partial charge in [-0.05, 0) is 12.8 Å². The Labute approximate surface area is 116 Å². The SMILES string of the molecule is CCC[C@H](C)c1cn(CCc2c[nH]c(=O)[nH]c2=O)nn1. The van der Waals surface area contributed by atoms with Gasteiger partial charge in [-0.1, -0.05) is 25.5 Å². The highest BCUT2D eigenvalue weighted by Gasteiger charge is 2.09. The van der Waals surface area contributed by atoms with Gasteiger partial charge in [0.25, 0.3) is 5.56 Å². The molecule has 7 heteroatoms. The third-order valence-corrected chi connectivity index (χ3v) is 3.29. The number of aryl methyl sites for hydroxylation is 2. The van der Waals surface area contributed by atoms with E-state index < -0.39 is 5.69 Å². The van der Waals surface area contributed by atoms with Crippen molar-refractivity contribution in [2.45, 2.75) is 45.6 Å². The molecule has 0 radical (unpaired) electrons. The van der Waals surface area contributed by atoms with Crippen molar-refractivity contribution >= 4 is 0 Å². The fourth-order valence-corrected chi connectivity index (χ4v) is 2.09. The maximum absolute atomic E-state index is 11.5. The van der Waals surface area contributed by atoms with Gasteiger partial charge in [0.2, 0.25) is 0 Å². The third kappa shape index (κ3) is 3.43. The van der Waals surface area contributed by atoms with E-state index in [1.54, 1.807) is 4.68 Å². The molecule has 2 heterocycles. The van der Waals surface area contributed by atoms with Gasteiger partial charge < -0.3 is 4.98 Å². The summed E-state index contributed by atoms with van der Waals surface area (Å²) in [5.41, 5.74) is 0.661. The second-order valence-corrected chi connectivity index (χ2v) is 4.94. The zero-order valence-corrected chi connectivity index (χ0v) is 11.7. The predicted molar refractivity (Wildman–Crippen MR) is 74.7 cm³/mol. The van der Waals surface area contributed by atoms with Gasteiger partial charge in [-0.2, -0.15) is 0 Å². The zero-order chi connectivity index (χ0) is 14.5. The fourth-order valence-electron chi connectivity index (χ4n) is 2.09. The molecule has 7 nitrogen and oxygen atoms in total. The number of H-pyrrole nitrogens is 2. The first-order valence-corrected chi connectivity index (χ1v) is 6.81. The predicted octanol–water partition coefficient (Wildman–Crippen LogP) is 0.801. The second kappa shape index (κ2) is 6.31. The summed E-state index contributed by atoms with van der Waals surface area (Å²) in [6, 6.07) is 0. The first-order chi connectivity index (χ1) is 9.60. The smallest absolute Gasteiger partial charge is 0.314 e. The maximum Gasteiger partial charge on any atom is 0.325 e. The summed E-state index contributed by atoms with van der Waals surface area (Å²) in [6.45, 7) is 4.83. The van der Waals surface area contributed by atoms with Gasteiger partial charge in [0.05, 0.1) is 5.69 Å². The van der Waals surface area contributed by atoms with E-state index in [4.69, 9.17) is 0 Å². The van der Waals surface area contributed by atoms with Crippen LogP contribution in [0.5, 0.6) is 0 Å². The van der Waals surface area contributed by atoms with Crippen LogP contribution in [0.1, 0.15) is 43.9 Å². The topological polar surface area (TPSA) is 96.4 Å². The van der Waals surface area contributed by atoms with E-state index >= 15 is 0 Å². The van der Waals surface area contributed by atoms with Gasteiger partial charge in [-0.3, -0.25) is 14.5 Å². The average Bonchev–Trinajstić information content (AvgIpc) is 2.87. The Morgan fingerprint density at radius 2 is 2.20 bits per heavy atom. The number of nitrogens with one attached hydrogen (secondary N) is 2. The minimum absolute atomic E-state index is 0.353. The van der Waals surface area contributed by atoms with E-state index in [1.807, 2.05) is 6.20 Å². The molecule has 1 atom stereocenters. The van der Waals surface area contributed by atoms with Crippen LogP contribution in [0.4, 0.5) is 0 Å². The molecule has 2 aromatic heterocycles. The lowest BCUT2D eigenvalue weighted by molar-refractivity contribution is 0.585. The van der Waals surface area contributed by atoms with Crippen molar-refractivity contribution in [3.8, 4) is 0 Å². The molecule has 20 heavy (non-hydrogen) atoms. The molecular formula is C13H19N5O2. The number of hydrogen-bond donors (Lipinski definition) is 2. The molecule has 0 fully saturated rings. The van der Waals surface area contributed by atoms with Gasteiger partial charge in [0, 0.05) is 30.4 Å². The number of rotatable bonds is 6. The summed E-state index contributed by atoms with van der Waals surface area (Å²) in [4.78, 5) is 27.1. The van der Waals surface area contributed by atoms with E-state index in [0.29, 0.717) is 24.4 Å². The summed E-state index contributed by atoms with van der Waals surface area (Å²) in [7, 11) is 0. The zero-order valence-electron chi connectivity index (χ0n) is 11.7. The third-order valence-electron chi connectivity index (χ3n) is 3.29. The summed E-state index contributed by atoms with van der Waals surface area (Å²) in [6.07, 6.45) is 6.05. The number of aromatic nitrogens is 5. The van der Waals surface area contributed by atoms with E-state index in [-0.39, 0.29) is 5.56 Å². The monoisotopic (exact) mass is 277 g/mol. The molecule has 2 rings (SSSR count). The molecule has 0 amide bonds. The molecule has 2 aromatic rings. The quantitative estimate of drug-likeness (QED) is 0.816. The van der Waals surface area contributed by atoms with Crippen LogP contribution < -0.4 is 11.2 Å². The lowest BCUT2D eigenvalue weighted by Crippen LogP contribution is -2.25. The Morgan fingerprint density at radius 3 is 2.90 bits per heavy atom. The van der Waals surface area contributed by atoms with Crippen LogP contribution in [0.25, 0.3) is 0 Å². The molecule has 0 saturated heterocycles. The van der Waals surface area contributed by atoms with Crippen molar-refractivity contribution < 1.29 is 0 Å². The number of aromatic amines is 2. The second-order valence-electron chi connectivity index (χ2n) is 4.94. The van der Waals surface area contributed by atoms with Crippen molar-refractivity contribution in [1.82, 2.24) is 25.0 Å². The molecule has 108 valence electrons. The Morgan fingerprint density at radius 1 is 1.40 bits per heavy atom. The minimum atomic E-state index is -0.491. The number of nitrogens with zero attached hydrogens (tertiary/aromatic N) is 3. The van der Waals surface area contributed by atoms with Crippen molar-refractivity contribution in [1.29, 1.82) is 0 Å². The molecule has 0 unspecified atom stereocenters. The molecule has 0 aliphatic heterocycles. The normalized spacial score (nSPS) is 12.5. The minimum Gasteiger partial charge on any atom is -0.314 e. The maximum atomic E-state index is 11.5. The number of hydrogen-bond acceptors (Lipinski definition) is 4. The highest BCUT2D eigenvalue weighted by atomic mass is 16.2. The molecule has 0 spiro atoms. The summed E-state index contributed by atoms with van der Waals surface area (Å²) in [5, 5.41) is 8.22. The van der Waals surface area contributed by atoms with Crippen LogP contribution in [-0.4, -0.2) is 25.0 Å². The molecule has 0 aliphatic carbocycles. The highest BCUT2D eigenvalue weighted by Crippen LogP contribution is 2.17. The Balaban J connectivity index is 2.01. The van der Waals surface area contributed by atoms with Gasteiger partial charge >= 0.3 is 5.69 Å². The lowest BCUT2D eigenvalue weighted by atomic mass is 10.0. The van der Waals surface area contributed by atoms with E-state index in [0.717, 1.165) is 18.5 Å². The van der Waals surface area contributed by atoms with Crippen molar-refractivity contribution in [3.63, 3.8) is 0 Å². The molecule has 0 saturated carbocycles. The fraction of sp³-hybridized carbons (Fsp3) is 0.538. The van der Waals surface area contributed by atoms with Crippen LogP contribution >= 0.6 is 0 Å². The van der Waals surface area contributed by atoms with Crippen molar-refractivity contribution in [2.24, 2.45) is 0 Å². The van der Waals surface area contributed by atoms with Gasteiger partial charge in [0.1, 0.15) is 0 Å². The standard InChI is InChI=1S/C13H19N5O2/c1-3-4-9(2)11-8-18(17-16-11)6-5-10-7-14-13(20)15-12(10)19/h7-9H,3-6H2,1-2H3,(H2,14,15,19,20)/t9-/m0/s1. The lowest BCUT2D eigenvalue weighted by Gasteiger charge is -2.04. The largest absolute Gasteiger partial charge is 0.325 e. The first-order valence-electron chi connectivity index (χ1n) is 6.81. The molecule has 0 aliphatic rings. The van der Waals surface area contributed by atoms with Crippen molar-refractivity contribution in [3.05, 3.63) is 44.5 Å². The van der Waals surface area contributed by atoms with E-state index in [9.17, 15) is 9.59 Å². The van der Waals surface area contributed by atoms with Crippen LogP contribution in [-0.2, 0) is 13.0 Å². The molecule has 2 N–H and O–H groups in total. The Bertz CT molecular complexity index is 670. The van der Waals surface area contributed by atoms with Gasteiger partial charge in [0.15, 0.2) is 0 Å². The van der Waals surface area contributed by atoms with E-state index in [1.165, 1.54) is 6.20 Å². The average molecular weight is 277 g/mol. The van der Waals surface area contributed by atoms with Crippen molar-refractivity contribution in [2.75, 3.05) is 0 Å². The Kier molecular flexibility index (Phi) is 4.49.